The van der Waals surface area contributed by atoms with Crippen molar-refractivity contribution >= 4 is 5.97 Å². The highest BCUT2D eigenvalue weighted by Gasteiger charge is 2.18. The number of carbonyl (C=O) groups is 1. The van der Waals surface area contributed by atoms with Crippen LogP contribution in [0.5, 0.6) is 0 Å². The molecular weight excluding hydrogens is 209 g/mol. The molecule has 2 unspecified atom stereocenters. The Morgan fingerprint density at radius 2 is 2.19 bits per heavy atom. The summed E-state index contributed by atoms with van der Waals surface area (Å²) < 4.78 is 13.0. The number of carboxylic acids is 1. The first-order valence-electron chi connectivity index (χ1n) is 5.15. The van der Waals surface area contributed by atoms with Crippen molar-refractivity contribution in [3.8, 4) is 0 Å². The zero-order valence-corrected chi connectivity index (χ0v) is 9.40. The lowest BCUT2D eigenvalue weighted by Crippen LogP contribution is -2.21. The normalized spacial score (nSPS) is 14.5. The van der Waals surface area contributed by atoms with Crippen LogP contribution in [0.3, 0.4) is 0 Å². The second kappa shape index (κ2) is 5.07. The largest absolute Gasteiger partial charge is 0.481 e. The van der Waals surface area contributed by atoms with Crippen molar-refractivity contribution in [1.29, 1.82) is 0 Å². The summed E-state index contributed by atoms with van der Waals surface area (Å²) in [6.07, 6.45) is 0.0115. The van der Waals surface area contributed by atoms with E-state index in [2.05, 4.69) is 0 Å². The molecular formula is C12H16FNO2. The molecule has 0 bridgehead atoms. The van der Waals surface area contributed by atoms with E-state index in [1.807, 2.05) is 0 Å². The molecule has 0 fully saturated rings. The Morgan fingerprint density at radius 3 is 2.69 bits per heavy atom. The molecule has 0 saturated heterocycles. The first-order chi connectivity index (χ1) is 7.41. The Kier molecular flexibility index (Phi) is 4.01. The Balaban J connectivity index is 2.83. The summed E-state index contributed by atoms with van der Waals surface area (Å²) in [5.41, 5.74) is 7.21. The minimum absolute atomic E-state index is 0.0115. The zero-order chi connectivity index (χ0) is 12.3. The molecule has 3 N–H and O–H groups in total. The van der Waals surface area contributed by atoms with Gasteiger partial charge < -0.3 is 10.8 Å². The van der Waals surface area contributed by atoms with Crippen LogP contribution in [0, 0.1) is 18.7 Å². The van der Waals surface area contributed by atoms with Gasteiger partial charge in [-0.1, -0.05) is 19.1 Å². The molecule has 4 heteroatoms. The van der Waals surface area contributed by atoms with Crippen LogP contribution in [-0.2, 0) is 4.79 Å². The number of nitrogens with two attached hydrogens (primary N) is 1. The standard InChI is InChI=1S/C12H16FNO2/c1-7-5-9(3-4-10(7)13)12(14)8(2)6-11(15)16/h3-5,8,12H,6,14H2,1-2H3,(H,15,16). The lowest BCUT2D eigenvalue weighted by Gasteiger charge is -2.19. The van der Waals surface area contributed by atoms with Crippen molar-refractivity contribution in [2.45, 2.75) is 26.3 Å². The van der Waals surface area contributed by atoms with E-state index < -0.39 is 5.97 Å². The van der Waals surface area contributed by atoms with Gasteiger partial charge in [0, 0.05) is 12.5 Å². The molecule has 0 spiro atoms. The van der Waals surface area contributed by atoms with E-state index in [9.17, 15) is 9.18 Å². The fourth-order valence-electron chi connectivity index (χ4n) is 1.61. The summed E-state index contributed by atoms with van der Waals surface area (Å²) in [5, 5.41) is 8.66. The number of aliphatic carboxylic acids is 1. The molecule has 1 aromatic rings. The summed E-state index contributed by atoms with van der Waals surface area (Å²) in [5.74, 6) is -1.33. The van der Waals surface area contributed by atoms with Gasteiger partial charge in [0.1, 0.15) is 5.82 Å². The second-order valence-corrected chi connectivity index (χ2v) is 4.11. The van der Waals surface area contributed by atoms with E-state index in [1.165, 1.54) is 6.07 Å². The van der Waals surface area contributed by atoms with Crippen LogP contribution in [0.15, 0.2) is 18.2 Å². The van der Waals surface area contributed by atoms with Gasteiger partial charge in [-0.05, 0) is 30.0 Å². The van der Waals surface area contributed by atoms with Crippen molar-refractivity contribution < 1.29 is 14.3 Å². The minimum atomic E-state index is -0.873. The maximum absolute atomic E-state index is 13.0. The number of hydrogen-bond donors (Lipinski definition) is 2. The molecule has 3 nitrogen and oxygen atoms in total. The van der Waals surface area contributed by atoms with Crippen LogP contribution in [0.4, 0.5) is 4.39 Å². The maximum Gasteiger partial charge on any atom is 0.303 e. The molecule has 16 heavy (non-hydrogen) atoms. The monoisotopic (exact) mass is 225 g/mol. The van der Waals surface area contributed by atoms with E-state index in [4.69, 9.17) is 10.8 Å². The predicted molar refractivity (Wildman–Crippen MR) is 59.5 cm³/mol. The first kappa shape index (κ1) is 12.6. The molecule has 2 atom stereocenters. The van der Waals surface area contributed by atoms with Gasteiger partial charge in [-0.3, -0.25) is 4.79 Å². The highest BCUT2D eigenvalue weighted by atomic mass is 19.1. The van der Waals surface area contributed by atoms with E-state index in [1.54, 1.807) is 26.0 Å². The van der Waals surface area contributed by atoms with Crippen LogP contribution in [0.25, 0.3) is 0 Å². The van der Waals surface area contributed by atoms with E-state index in [-0.39, 0.29) is 24.2 Å². The molecule has 0 aliphatic heterocycles. The third-order valence-corrected chi connectivity index (χ3v) is 2.68. The Morgan fingerprint density at radius 1 is 1.56 bits per heavy atom. The highest BCUT2D eigenvalue weighted by Crippen LogP contribution is 2.23. The summed E-state index contributed by atoms with van der Waals surface area (Å²) in [7, 11) is 0. The Hall–Kier alpha value is -1.42. The van der Waals surface area contributed by atoms with E-state index in [0.717, 1.165) is 5.56 Å². The predicted octanol–water partition coefficient (Wildman–Crippen LogP) is 2.24. The highest BCUT2D eigenvalue weighted by molar-refractivity contribution is 5.67. The second-order valence-electron chi connectivity index (χ2n) is 4.11. The van der Waals surface area contributed by atoms with Gasteiger partial charge in [-0.2, -0.15) is 0 Å². The van der Waals surface area contributed by atoms with Gasteiger partial charge in [0.2, 0.25) is 0 Å². The summed E-state index contributed by atoms with van der Waals surface area (Å²) in [6.45, 7) is 3.44. The van der Waals surface area contributed by atoms with Gasteiger partial charge in [0.15, 0.2) is 0 Å². The molecule has 0 saturated carbocycles. The van der Waals surface area contributed by atoms with Crippen LogP contribution >= 0.6 is 0 Å². The fourth-order valence-corrected chi connectivity index (χ4v) is 1.61. The minimum Gasteiger partial charge on any atom is -0.481 e. The lowest BCUT2D eigenvalue weighted by atomic mass is 9.92. The maximum atomic E-state index is 13.0. The van der Waals surface area contributed by atoms with Crippen molar-refractivity contribution in [3.63, 3.8) is 0 Å². The molecule has 1 rings (SSSR count). The quantitative estimate of drug-likeness (QED) is 0.826. The number of rotatable bonds is 4. The lowest BCUT2D eigenvalue weighted by molar-refractivity contribution is -0.138. The number of hydrogen-bond acceptors (Lipinski definition) is 2. The summed E-state index contributed by atoms with van der Waals surface area (Å²) >= 11 is 0. The van der Waals surface area contributed by atoms with Crippen molar-refractivity contribution in [1.82, 2.24) is 0 Å². The van der Waals surface area contributed by atoms with Gasteiger partial charge in [0.25, 0.3) is 0 Å². The molecule has 0 amide bonds. The molecule has 0 radical (unpaired) electrons. The van der Waals surface area contributed by atoms with Crippen LogP contribution in [-0.4, -0.2) is 11.1 Å². The van der Waals surface area contributed by atoms with Crippen LogP contribution in [0.2, 0.25) is 0 Å². The molecule has 88 valence electrons. The fraction of sp³-hybridized carbons (Fsp3) is 0.417. The third kappa shape index (κ3) is 3.03. The van der Waals surface area contributed by atoms with Crippen molar-refractivity contribution in [3.05, 3.63) is 35.1 Å². The summed E-state index contributed by atoms with van der Waals surface area (Å²) in [4.78, 5) is 10.6. The molecule has 0 aliphatic rings. The van der Waals surface area contributed by atoms with Gasteiger partial charge >= 0.3 is 5.97 Å². The molecule has 1 aromatic carbocycles. The van der Waals surface area contributed by atoms with Crippen LogP contribution < -0.4 is 5.73 Å². The smallest absolute Gasteiger partial charge is 0.303 e. The van der Waals surface area contributed by atoms with Crippen LogP contribution in [0.1, 0.15) is 30.5 Å². The number of aryl methyl sites for hydroxylation is 1. The van der Waals surface area contributed by atoms with E-state index >= 15 is 0 Å². The van der Waals surface area contributed by atoms with Gasteiger partial charge in [0.05, 0.1) is 0 Å². The molecule has 0 aliphatic carbocycles. The summed E-state index contributed by atoms with van der Waals surface area (Å²) in [6, 6.07) is 4.25. The average molecular weight is 225 g/mol. The van der Waals surface area contributed by atoms with Crippen molar-refractivity contribution in [2.75, 3.05) is 0 Å². The van der Waals surface area contributed by atoms with Gasteiger partial charge in [-0.25, -0.2) is 4.39 Å². The molecule has 0 heterocycles. The number of benzene rings is 1. The SMILES string of the molecule is Cc1cc(C(N)C(C)CC(=O)O)ccc1F. The average Bonchev–Trinajstić information content (AvgIpc) is 2.20. The van der Waals surface area contributed by atoms with Crippen molar-refractivity contribution in [2.24, 2.45) is 11.7 Å². The van der Waals surface area contributed by atoms with Gasteiger partial charge in [-0.15, -0.1) is 0 Å². The Labute approximate surface area is 94.1 Å². The topological polar surface area (TPSA) is 63.3 Å². The Bertz CT molecular complexity index is 393. The first-order valence-corrected chi connectivity index (χ1v) is 5.15. The number of carboxylic acid groups (broad SMARTS) is 1. The zero-order valence-electron chi connectivity index (χ0n) is 9.40. The molecule has 0 aromatic heterocycles. The van der Waals surface area contributed by atoms with E-state index in [0.29, 0.717) is 5.56 Å². The third-order valence-electron chi connectivity index (χ3n) is 2.68. The number of halogens is 1.